The van der Waals surface area contributed by atoms with Gasteiger partial charge in [0.25, 0.3) is 0 Å². The second-order valence-electron chi connectivity index (χ2n) is 3.03. The minimum Gasteiger partial charge on any atom is -0.466 e. The van der Waals surface area contributed by atoms with E-state index >= 15 is 0 Å². The lowest BCUT2D eigenvalue weighted by molar-refractivity contribution is -0.142. The van der Waals surface area contributed by atoms with Gasteiger partial charge in [0.05, 0.1) is 13.0 Å². The van der Waals surface area contributed by atoms with E-state index < -0.39 is 21.1 Å². The molecule has 0 fully saturated rings. The van der Waals surface area contributed by atoms with Crippen molar-refractivity contribution in [3.8, 4) is 0 Å². The monoisotopic (exact) mass is 246 g/mol. The Hall–Kier alpha value is -1.43. The van der Waals surface area contributed by atoms with Crippen LogP contribution in [0.4, 0.5) is 3.89 Å². The van der Waals surface area contributed by atoms with Crippen molar-refractivity contribution in [2.24, 2.45) is 0 Å². The van der Waals surface area contributed by atoms with Crippen molar-refractivity contribution in [1.29, 1.82) is 0 Å². The number of benzene rings is 1. The number of carbonyl (C=O) groups excluding carboxylic acids is 1. The summed E-state index contributed by atoms with van der Waals surface area (Å²) in [7, 11) is -4.80. The molecule has 0 N–H and O–H groups in total. The summed E-state index contributed by atoms with van der Waals surface area (Å²) in [6.07, 6.45) is -0.257. The van der Waals surface area contributed by atoms with Crippen LogP contribution in [-0.2, 0) is 26.2 Å². The van der Waals surface area contributed by atoms with Crippen LogP contribution in [0.15, 0.2) is 29.2 Å². The zero-order chi connectivity index (χ0) is 12.2. The Bertz CT molecular complexity index is 481. The van der Waals surface area contributed by atoms with E-state index in [0.29, 0.717) is 0 Å². The molecule has 0 aliphatic rings. The van der Waals surface area contributed by atoms with Gasteiger partial charge in [-0.2, -0.15) is 8.42 Å². The average Bonchev–Trinajstić information content (AvgIpc) is 2.17. The smallest absolute Gasteiger partial charge is 0.332 e. The summed E-state index contributed by atoms with van der Waals surface area (Å²) >= 11 is 0. The van der Waals surface area contributed by atoms with Crippen LogP contribution in [0.25, 0.3) is 0 Å². The van der Waals surface area contributed by atoms with Gasteiger partial charge in [0.2, 0.25) is 0 Å². The SMILES string of the molecule is CCOC(=O)Cc1ccccc1S(=O)(=O)F. The Morgan fingerprint density at radius 3 is 2.56 bits per heavy atom. The van der Waals surface area contributed by atoms with Crippen molar-refractivity contribution in [2.45, 2.75) is 18.2 Å². The number of hydrogen-bond donors (Lipinski definition) is 0. The Morgan fingerprint density at radius 2 is 2.00 bits per heavy atom. The second-order valence-corrected chi connectivity index (χ2v) is 4.34. The van der Waals surface area contributed by atoms with Crippen LogP contribution in [0.1, 0.15) is 12.5 Å². The van der Waals surface area contributed by atoms with E-state index in [0.717, 1.165) is 6.07 Å². The number of halogens is 1. The molecule has 0 aromatic heterocycles. The van der Waals surface area contributed by atoms with E-state index in [1.54, 1.807) is 6.92 Å². The molecule has 0 spiro atoms. The third-order valence-electron chi connectivity index (χ3n) is 1.88. The van der Waals surface area contributed by atoms with Gasteiger partial charge in [-0.1, -0.05) is 18.2 Å². The standard InChI is InChI=1S/C10H11FO4S/c1-2-15-10(12)7-8-5-3-4-6-9(8)16(11,13)14/h3-6H,2,7H2,1H3. The fourth-order valence-electron chi connectivity index (χ4n) is 1.26. The zero-order valence-corrected chi connectivity index (χ0v) is 9.46. The highest BCUT2D eigenvalue weighted by Gasteiger charge is 2.18. The highest BCUT2D eigenvalue weighted by molar-refractivity contribution is 7.86. The van der Waals surface area contributed by atoms with Gasteiger partial charge >= 0.3 is 16.2 Å². The topological polar surface area (TPSA) is 60.4 Å². The first-order chi connectivity index (χ1) is 7.45. The second kappa shape index (κ2) is 5.07. The molecule has 0 bridgehead atoms. The van der Waals surface area contributed by atoms with Crippen LogP contribution in [-0.4, -0.2) is 21.0 Å². The van der Waals surface area contributed by atoms with E-state index in [2.05, 4.69) is 4.74 Å². The summed E-state index contributed by atoms with van der Waals surface area (Å²) in [6.45, 7) is 1.83. The maximum Gasteiger partial charge on any atom is 0.332 e. The Morgan fingerprint density at radius 1 is 1.38 bits per heavy atom. The van der Waals surface area contributed by atoms with Crippen molar-refractivity contribution in [2.75, 3.05) is 6.61 Å². The van der Waals surface area contributed by atoms with Crippen LogP contribution in [0.2, 0.25) is 0 Å². The first kappa shape index (κ1) is 12.6. The third-order valence-corrected chi connectivity index (χ3v) is 2.80. The van der Waals surface area contributed by atoms with E-state index in [-0.39, 0.29) is 18.6 Å². The predicted octanol–water partition coefficient (Wildman–Crippen LogP) is 1.45. The van der Waals surface area contributed by atoms with Gasteiger partial charge in [-0.3, -0.25) is 4.79 Å². The van der Waals surface area contributed by atoms with E-state index in [4.69, 9.17) is 0 Å². The minimum atomic E-state index is -4.80. The Labute approximate surface area is 93.3 Å². The van der Waals surface area contributed by atoms with Gasteiger partial charge in [0, 0.05) is 0 Å². The molecule has 0 aliphatic carbocycles. The minimum absolute atomic E-state index is 0.100. The number of hydrogen-bond acceptors (Lipinski definition) is 4. The van der Waals surface area contributed by atoms with Gasteiger partial charge < -0.3 is 4.74 Å². The van der Waals surface area contributed by atoms with E-state index in [9.17, 15) is 17.1 Å². The van der Waals surface area contributed by atoms with Crippen LogP contribution in [0, 0.1) is 0 Å². The molecule has 88 valence electrons. The zero-order valence-electron chi connectivity index (χ0n) is 8.64. The summed E-state index contributed by atoms with van der Waals surface area (Å²) in [5.41, 5.74) is 0.100. The molecule has 0 amide bonds. The van der Waals surface area contributed by atoms with Crippen LogP contribution < -0.4 is 0 Å². The van der Waals surface area contributed by atoms with Crippen LogP contribution in [0.3, 0.4) is 0 Å². The van der Waals surface area contributed by atoms with Crippen LogP contribution in [0.5, 0.6) is 0 Å². The molecule has 1 rings (SSSR count). The Balaban J connectivity index is 3.01. The molecule has 16 heavy (non-hydrogen) atoms. The van der Waals surface area contributed by atoms with Gasteiger partial charge in [-0.05, 0) is 18.6 Å². The molecular formula is C10H11FO4S. The van der Waals surface area contributed by atoms with Gasteiger partial charge in [0.15, 0.2) is 0 Å². The van der Waals surface area contributed by atoms with Gasteiger partial charge in [-0.15, -0.1) is 3.89 Å². The fraction of sp³-hybridized carbons (Fsp3) is 0.300. The summed E-state index contributed by atoms with van der Waals surface area (Å²) in [4.78, 5) is 10.7. The summed E-state index contributed by atoms with van der Waals surface area (Å²) in [5, 5.41) is 0. The molecule has 0 radical (unpaired) electrons. The molecule has 6 heteroatoms. The molecule has 4 nitrogen and oxygen atoms in total. The first-order valence-corrected chi connectivity index (χ1v) is 6.01. The number of carbonyl (C=O) groups is 1. The van der Waals surface area contributed by atoms with E-state index in [1.807, 2.05) is 0 Å². The van der Waals surface area contributed by atoms with Gasteiger partial charge in [0.1, 0.15) is 4.90 Å². The lowest BCUT2D eigenvalue weighted by Gasteiger charge is -2.05. The van der Waals surface area contributed by atoms with Crippen molar-refractivity contribution in [3.63, 3.8) is 0 Å². The summed E-state index contributed by atoms with van der Waals surface area (Å²) < 4.78 is 39.0. The molecular weight excluding hydrogens is 235 g/mol. The normalized spacial score (nSPS) is 11.1. The first-order valence-electron chi connectivity index (χ1n) is 4.63. The highest BCUT2D eigenvalue weighted by Crippen LogP contribution is 2.18. The van der Waals surface area contributed by atoms with E-state index in [1.165, 1.54) is 18.2 Å². The maximum absolute atomic E-state index is 12.8. The van der Waals surface area contributed by atoms with Crippen molar-refractivity contribution in [3.05, 3.63) is 29.8 Å². The van der Waals surface area contributed by atoms with Crippen molar-refractivity contribution < 1.29 is 21.8 Å². The quantitative estimate of drug-likeness (QED) is 0.596. The summed E-state index contributed by atoms with van der Waals surface area (Å²) in [5.74, 6) is -0.585. The number of esters is 1. The maximum atomic E-state index is 12.8. The molecule has 1 aromatic carbocycles. The van der Waals surface area contributed by atoms with Gasteiger partial charge in [-0.25, -0.2) is 0 Å². The molecule has 0 atom stereocenters. The molecule has 0 saturated carbocycles. The van der Waals surface area contributed by atoms with Crippen LogP contribution >= 0.6 is 0 Å². The Kier molecular flexibility index (Phi) is 4.00. The molecule has 1 aromatic rings. The molecule has 0 heterocycles. The number of ether oxygens (including phenoxy) is 1. The molecule has 0 unspecified atom stereocenters. The highest BCUT2D eigenvalue weighted by atomic mass is 32.3. The molecule has 0 aliphatic heterocycles. The average molecular weight is 246 g/mol. The predicted molar refractivity (Wildman–Crippen MR) is 55.1 cm³/mol. The largest absolute Gasteiger partial charge is 0.466 e. The fourth-order valence-corrected chi connectivity index (χ4v) is 1.95. The third kappa shape index (κ3) is 3.30. The lowest BCUT2D eigenvalue weighted by atomic mass is 10.1. The van der Waals surface area contributed by atoms with Crippen molar-refractivity contribution in [1.82, 2.24) is 0 Å². The summed E-state index contributed by atoms with van der Waals surface area (Å²) in [6, 6.07) is 5.41. The lowest BCUT2D eigenvalue weighted by Crippen LogP contribution is -2.10. The van der Waals surface area contributed by atoms with Crippen molar-refractivity contribution >= 4 is 16.2 Å². The molecule has 0 saturated heterocycles. The number of rotatable bonds is 4.